The summed E-state index contributed by atoms with van der Waals surface area (Å²) in [6.45, 7) is 6.40. The minimum Gasteiger partial charge on any atom is -0.497 e. The Morgan fingerprint density at radius 2 is 1.96 bits per heavy atom. The van der Waals surface area contributed by atoms with E-state index in [1.54, 1.807) is 7.11 Å². The lowest BCUT2D eigenvalue weighted by Gasteiger charge is -2.29. The van der Waals surface area contributed by atoms with Crippen LogP contribution in [0.2, 0.25) is 0 Å². The van der Waals surface area contributed by atoms with Crippen LogP contribution in [0.4, 0.5) is 6.01 Å². The first-order valence-corrected chi connectivity index (χ1v) is 9.07. The molecule has 1 N–H and O–H groups in total. The molecular weight excluding hydrogens is 332 g/mol. The molecule has 26 heavy (non-hydrogen) atoms. The lowest BCUT2D eigenvalue weighted by atomic mass is 9.96. The summed E-state index contributed by atoms with van der Waals surface area (Å²) >= 11 is 0. The Labute approximate surface area is 153 Å². The standard InChI is InChI=1S/C19H26N4O3/c1-13(2)12-20-17(24)14-8-10-23(11-9-14)19-22-21-18(26-19)15-4-6-16(25-3)7-5-15/h4-7,13-14H,8-12H2,1-3H3,(H,20,24). The predicted molar refractivity (Wildman–Crippen MR) is 99.1 cm³/mol. The van der Waals surface area contributed by atoms with Crippen molar-refractivity contribution in [3.05, 3.63) is 24.3 Å². The Morgan fingerprint density at radius 1 is 1.27 bits per heavy atom. The Balaban J connectivity index is 1.56. The highest BCUT2D eigenvalue weighted by Gasteiger charge is 2.27. The minimum atomic E-state index is 0.0639. The smallest absolute Gasteiger partial charge is 0.318 e. The van der Waals surface area contributed by atoms with Gasteiger partial charge in [0.15, 0.2) is 0 Å². The zero-order chi connectivity index (χ0) is 18.5. The molecule has 0 saturated carbocycles. The molecule has 1 fully saturated rings. The van der Waals surface area contributed by atoms with Crippen molar-refractivity contribution in [2.75, 3.05) is 31.6 Å². The fraction of sp³-hybridized carbons (Fsp3) is 0.526. The number of carbonyl (C=O) groups excluding carboxylic acids is 1. The molecule has 3 rings (SSSR count). The summed E-state index contributed by atoms with van der Waals surface area (Å²) in [5.41, 5.74) is 0.854. The van der Waals surface area contributed by atoms with E-state index in [-0.39, 0.29) is 11.8 Å². The molecular formula is C19H26N4O3. The zero-order valence-corrected chi connectivity index (χ0v) is 15.6. The van der Waals surface area contributed by atoms with Crippen LogP contribution < -0.4 is 15.0 Å². The van der Waals surface area contributed by atoms with Gasteiger partial charge in [0.05, 0.1) is 7.11 Å². The van der Waals surface area contributed by atoms with Crippen molar-refractivity contribution < 1.29 is 13.9 Å². The van der Waals surface area contributed by atoms with E-state index in [9.17, 15) is 4.79 Å². The summed E-state index contributed by atoms with van der Waals surface area (Å²) in [5.74, 6) is 1.95. The highest BCUT2D eigenvalue weighted by Crippen LogP contribution is 2.27. The second-order valence-corrected chi connectivity index (χ2v) is 7.02. The van der Waals surface area contributed by atoms with E-state index < -0.39 is 0 Å². The molecule has 1 saturated heterocycles. The summed E-state index contributed by atoms with van der Waals surface area (Å²) in [5, 5.41) is 11.3. The number of benzene rings is 1. The third-order valence-electron chi connectivity index (χ3n) is 4.57. The normalized spacial score (nSPS) is 15.3. The number of carbonyl (C=O) groups is 1. The maximum absolute atomic E-state index is 12.2. The number of anilines is 1. The molecule has 140 valence electrons. The molecule has 1 aromatic heterocycles. The summed E-state index contributed by atoms with van der Waals surface area (Å²) < 4.78 is 11.0. The average molecular weight is 358 g/mol. The summed E-state index contributed by atoms with van der Waals surface area (Å²) in [4.78, 5) is 14.2. The van der Waals surface area contributed by atoms with Gasteiger partial charge in [0.1, 0.15) is 5.75 Å². The summed E-state index contributed by atoms with van der Waals surface area (Å²) in [7, 11) is 1.63. The van der Waals surface area contributed by atoms with E-state index in [1.165, 1.54) is 0 Å². The molecule has 0 bridgehead atoms. The molecule has 7 heteroatoms. The highest BCUT2D eigenvalue weighted by atomic mass is 16.5. The SMILES string of the molecule is COc1ccc(-c2nnc(N3CCC(C(=O)NCC(C)C)CC3)o2)cc1. The molecule has 1 aliphatic heterocycles. The lowest BCUT2D eigenvalue weighted by Crippen LogP contribution is -2.41. The van der Waals surface area contributed by atoms with Gasteiger partial charge in [-0.1, -0.05) is 18.9 Å². The van der Waals surface area contributed by atoms with Gasteiger partial charge >= 0.3 is 6.01 Å². The van der Waals surface area contributed by atoms with Crippen molar-refractivity contribution in [1.29, 1.82) is 0 Å². The van der Waals surface area contributed by atoms with Crippen LogP contribution in [0.3, 0.4) is 0 Å². The van der Waals surface area contributed by atoms with E-state index in [0.717, 1.165) is 43.8 Å². The van der Waals surface area contributed by atoms with Gasteiger partial charge in [-0.2, -0.15) is 0 Å². The van der Waals surface area contributed by atoms with Gasteiger partial charge in [-0.3, -0.25) is 4.79 Å². The van der Waals surface area contributed by atoms with E-state index in [1.807, 2.05) is 29.2 Å². The first kappa shape index (κ1) is 18.2. The molecule has 1 aromatic carbocycles. The molecule has 7 nitrogen and oxygen atoms in total. The van der Waals surface area contributed by atoms with Crippen LogP contribution in [-0.4, -0.2) is 42.8 Å². The van der Waals surface area contributed by atoms with Crippen molar-refractivity contribution >= 4 is 11.9 Å². The van der Waals surface area contributed by atoms with Crippen molar-refractivity contribution in [3.63, 3.8) is 0 Å². The summed E-state index contributed by atoms with van der Waals surface area (Å²) in [6, 6.07) is 8.01. The third-order valence-corrected chi connectivity index (χ3v) is 4.57. The van der Waals surface area contributed by atoms with E-state index >= 15 is 0 Å². The molecule has 0 radical (unpaired) electrons. The largest absolute Gasteiger partial charge is 0.497 e. The van der Waals surface area contributed by atoms with Gasteiger partial charge in [-0.15, -0.1) is 5.10 Å². The molecule has 0 aliphatic carbocycles. The van der Waals surface area contributed by atoms with Crippen LogP contribution >= 0.6 is 0 Å². The molecule has 1 amide bonds. The van der Waals surface area contributed by atoms with Gasteiger partial charge in [0.2, 0.25) is 11.8 Å². The maximum atomic E-state index is 12.2. The number of ether oxygens (including phenoxy) is 1. The van der Waals surface area contributed by atoms with Crippen LogP contribution in [0.5, 0.6) is 5.75 Å². The number of aromatic nitrogens is 2. The van der Waals surface area contributed by atoms with E-state index in [2.05, 4.69) is 29.4 Å². The van der Waals surface area contributed by atoms with Crippen LogP contribution in [0, 0.1) is 11.8 Å². The van der Waals surface area contributed by atoms with Gasteiger partial charge in [-0.05, 0) is 43.0 Å². The van der Waals surface area contributed by atoms with Crippen molar-refractivity contribution in [3.8, 4) is 17.2 Å². The Morgan fingerprint density at radius 3 is 2.58 bits per heavy atom. The van der Waals surface area contributed by atoms with Crippen LogP contribution in [0.1, 0.15) is 26.7 Å². The molecule has 2 heterocycles. The number of methoxy groups -OCH3 is 1. The van der Waals surface area contributed by atoms with Gasteiger partial charge < -0.3 is 19.4 Å². The van der Waals surface area contributed by atoms with E-state index in [0.29, 0.717) is 17.8 Å². The second kappa shape index (κ2) is 8.21. The quantitative estimate of drug-likeness (QED) is 0.855. The average Bonchev–Trinajstić information content (AvgIpc) is 3.16. The molecule has 2 aromatic rings. The topological polar surface area (TPSA) is 80.5 Å². The van der Waals surface area contributed by atoms with Crippen molar-refractivity contribution in [2.45, 2.75) is 26.7 Å². The Hall–Kier alpha value is -2.57. The first-order chi connectivity index (χ1) is 12.6. The van der Waals surface area contributed by atoms with Crippen LogP contribution in [0.25, 0.3) is 11.5 Å². The number of nitrogens with one attached hydrogen (secondary N) is 1. The minimum absolute atomic E-state index is 0.0639. The number of hydrogen-bond acceptors (Lipinski definition) is 6. The maximum Gasteiger partial charge on any atom is 0.318 e. The second-order valence-electron chi connectivity index (χ2n) is 7.02. The molecule has 1 aliphatic rings. The van der Waals surface area contributed by atoms with Gasteiger partial charge in [0, 0.05) is 31.1 Å². The molecule has 0 unspecified atom stereocenters. The lowest BCUT2D eigenvalue weighted by molar-refractivity contribution is -0.125. The Kier molecular flexibility index (Phi) is 5.75. The predicted octanol–water partition coefficient (Wildman–Crippen LogP) is 2.73. The van der Waals surface area contributed by atoms with Gasteiger partial charge in [0.25, 0.3) is 0 Å². The fourth-order valence-corrected chi connectivity index (χ4v) is 2.98. The molecule has 0 spiro atoms. The Bertz CT molecular complexity index is 719. The molecule has 0 atom stereocenters. The number of piperidine rings is 1. The van der Waals surface area contributed by atoms with Crippen LogP contribution in [0.15, 0.2) is 28.7 Å². The first-order valence-electron chi connectivity index (χ1n) is 9.07. The van der Waals surface area contributed by atoms with Crippen molar-refractivity contribution in [2.24, 2.45) is 11.8 Å². The van der Waals surface area contributed by atoms with Crippen molar-refractivity contribution in [1.82, 2.24) is 15.5 Å². The van der Waals surface area contributed by atoms with E-state index in [4.69, 9.17) is 9.15 Å². The van der Waals surface area contributed by atoms with Crippen LogP contribution in [-0.2, 0) is 4.79 Å². The monoisotopic (exact) mass is 358 g/mol. The highest BCUT2D eigenvalue weighted by molar-refractivity contribution is 5.78. The zero-order valence-electron chi connectivity index (χ0n) is 15.6. The number of amides is 1. The summed E-state index contributed by atoms with van der Waals surface area (Å²) in [6.07, 6.45) is 1.59. The number of nitrogens with zero attached hydrogens (tertiary/aromatic N) is 3. The fourth-order valence-electron chi connectivity index (χ4n) is 2.98. The third kappa shape index (κ3) is 4.33. The number of hydrogen-bond donors (Lipinski definition) is 1. The number of rotatable bonds is 6. The van der Waals surface area contributed by atoms with Gasteiger partial charge in [-0.25, -0.2) is 0 Å².